The van der Waals surface area contributed by atoms with Crippen LogP contribution in [0.3, 0.4) is 0 Å². The molecule has 3 atom stereocenters. The fraction of sp³-hybridized carbons (Fsp3) is 0.417. The first-order valence-electron chi connectivity index (χ1n) is 11.6. The van der Waals surface area contributed by atoms with Crippen molar-refractivity contribution < 1.29 is 13.9 Å². The van der Waals surface area contributed by atoms with Crippen LogP contribution in [0.1, 0.15) is 48.7 Å². The number of halogens is 1. The number of fused-ring (bicyclic) bond motifs is 1. The van der Waals surface area contributed by atoms with Gasteiger partial charge in [0.1, 0.15) is 24.2 Å². The van der Waals surface area contributed by atoms with Crippen LogP contribution in [0.5, 0.6) is 0 Å². The first kappa shape index (κ1) is 22.3. The molecule has 1 aromatic carbocycles. The lowest BCUT2D eigenvalue weighted by atomic mass is 9.81. The van der Waals surface area contributed by atoms with Gasteiger partial charge in [-0.25, -0.2) is 24.0 Å². The molecule has 3 aromatic rings. The van der Waals surface area contributed by atoms with E-state index in [-0.39, 0.29) is 23.5 Å². The molecule has 2 saturated carbocycles. The zero-order valence-electron chi connectivity index (χ0n) is 19.1. The van der Waals surface area contributed by atoms with E-state index in [1.165, 1.54) is 35.8 Å². The lowest BCUT2D eigenvalue weighted by Crippen LogP contribution is -2.35. The van der Waals surface area contributed by atoms with Crippen LogP contribution in [0, 0.1) is 11.7 Å². The molecule has 2 aromatic heterocycles. The van der Waals surface area contributed by atoms with Gasteiger partial charge in [0.25, 0.3) is 5.91 Å². The number of thioether (sulfide) groups is 1. The van der Waals surface area contributed by atoms with Gasteiger partial charge in [-0.1, -0.05) is 0 Å². The minimum absolute atomic E-state index is 0.0687. The van der Waals surface area contributed by atoms with Crippen molar-refractivity contribution in [3.8, 4) is 5.82 Å². The molecular weight excluding hydrogens is 469 g/mol. The molecule has 3 unspecified atom stereocenters. The van der Waals surface area contributed by atoms with Crippen LogP contribution in [-0.2, 0) is 10.3 Å². The summed E-state index contributed by atoms with van der Waals surface area (Å²) in [5, 5.41) is 7.77. The molecule has 0 spiro atoms. The van der Waals surface area contributed by atoms with E-state index in [1.807, 2.05) is 6.92 Å². The Morgan fingerprint density at radius 2 is 2.14 bits per heavy atom. The molecule has 3 aliphatic rings. The Balaban J connectivity index is 1.26. The maximum absolute atomic E-state index is 15.3. The molecule has 0 saturated heterocycles. The number of hydrogen-bond donors (Lipinski definition) is 1. The molecule has 35 heavy (non-hydrogen) atoms. The molecule has 0 bridgehead atoms. The molecule has 0 radical (unpaired) electrons. The van der Waals surface area contributed by atoms with Crippen molar-refractivity contribution in [3.63, 3.8) is 0 Å². The number of carbonyl (C=O) groups is 1. The van der Waals surface area contributed by atoms with Gasteiger partial charge in [-0.05, 0) is 44.4 Å². The maximum Gasteiger partial charge on any atom is 0.275 e. The normalized spacial score (nSPS) is 25.7. The Kier molecular flexibility index (Phi) is 5.60. The summed E-state index contributed by atoms with van der Waals surface area (Å²) in [6.45, 7) is 1.98. The van der Waals surface area contributed by atoms with Gasteiger partial charge >= 0.3 is 0 Å². The third-order valence-corrected chi connectivity index (χ3v) is 7.81. The van der Waals surface area contributed by atoms with Crippen LogP contribution >= 0.6 is 11.8 Å². The van der Waals surface area contributed by atoms with Gasteiger partial charge in [-0.3, -0.25) is 9.79 Å². The van der Waals surface area contributed by atoms with Gasteiger partial charge in [0.15, 0.2) is 5.82 Å². The molecule has 2 fully saturated rings. The highest BCUT2D eigenvalue weighted by Crippen LogP contribution is 2.53. The number of rotatable bonds is 6. The van der Waals surface area contributed by atoms with Crippen LogP contribution in [0.4, 0.5) is 10.1 Å². The van der Waals surface area contributed by atoms with Crippen molar-refractivity contribution in [2.45, 2.75) is 50.4 Å². The number of nitrogens with one attached hydrogen (secondary N) is 1. The van der Waals surface area contributed by atoms with Crippen LogP contribution in [0.2, 0.25) is 0 Å². The van der Waals surface area contributed by atoms with Crippen molar-refractivity contribution in [1.82, 2.24) is 24.7 Å². The average molecular weight is 494 g/mol. The highest BCUT2D eigenvalue weighted by atomic mass is 32.2. The molecule has 6 rings (SSSR count). The fourth-order valence-corrected chi connectivity index (χ4v) is 6.05. The topological polar surface area (TPSA) is 107 Å². The Morgan fingerprint density at radius 3 is 2.89 bits per heavy atom. The summed E-state index contributed by atoms with van der Waals surface area (Å²) < 4.78 is 23.0. The Labute approximate surface area is 205 Å². The summed E-state index contributed by atoms with van der Waals surface area (Å²) in [5.41, 5.74) is 0.449. The summed E-state index contributed by atoms with van der Waals surface area (Å²) in [4.78, 5) is 30.1. The number of amides is 1. The van der Waals surface area contributed by atoms with Gasteiger partial charge in [-0.2, -0.15) is 5.10 Å². The minimum Gasteiger partial charge on any atom is -0.375 e. The SMILES string of the molecule is CC1=NC2(c3cc(NC(=O)c4cnc(-n5cncn5)cn4)ccc3F)CC(OC3CC3)CC2CS1. The number of carbonyl (C=O) groups excluding carboxylic acids is 1. The Morgan fingerprint density at radius 1 is 1.26 bits per heavy atom. The summed E-state index contributed by atoms with van der Waals surface area (Å²) in [6, 6.07) is 4.67. The van der Waals surface area contributed by atoms with E-state index in [4.69, 9.17) is 9.73 Å². The van der Waals surface area contributed by atoms with Crippen LogP contribution < -0.4 is 5.32 Å². The Bertz CT molecular complexity index is 1280. The smallest absolute Gasteiger partial charge is 0.275 e. The van der Waals surface area contributed by atoms with E-state index in [9.17, 15) is 4.79 Å². The van der Waals surface area contributed by atoms with Crippen molar-refractivity contribution >= 4 is 28.4 Å². The van der Waals surface area contributed by atoms with Gasteiger partial charge < -0.3 is 10.1 Å². The fourth-order valence-electron chi connectivity index (χ4n) is 4.97. The standard InChI is InChI=1S/C24H24FN7O2S/c1-14-31-24(8-18(34-17-3-4-17)6-15(24)11-35-14)19-7-16(2-5-20(19)25)30-23(33)21-9-28-22(10-27-21)32-13-26-12-29-32/h2,5,7,9-10,12-13,15,17-18H,3-4,6,8,11H2,1H3,(H,30,33). The van der Waals surface area contributed by atoms with Gasteiger partial charge in [0, 0.05) is 29.3 Å². The number of aromatic nitrogens is 5. The molecule has 180 valence electrons. The largest absolute Gasteiger partial charge is 0.375 e. The van der Waals surface area contributed by atoms with Crippen molar-refractivity contribution in [3.05, 3.63) is 60.3 Å². The van der Waals surface area contributed by atoms with Gasteiger partial charge in [0.2, 0.25) is 0 Å². The summed E-state index contributed by atoms with van der Waals surface area (Å²) in [6.07, 6.45) is 9.81. The molecule has 9 nitrogen and oxygen atoms in total. The van der Waals surface area contributed by atoms with E-state index >= 15 is 4.39 Å². The second kappa shape index (κ2) is 8.80. The molecule has 11 heteroatoms. The predicted octanol–water partition coefficient (Wildman–Crippen LogP) is 3.77. The number of benzene rings is 1. The van der Waals surface area contributed by atoms with E-state index in [0.29, 0.717) is 29.6 Å². The number of anilines is 1. The Hall–Kier alpha value is -3.18. The van der Waals surface area contributed by atoms with Gasteiger partial charge in [0.05, 0.1) is 35.2 Å². The average Bonchev–Trinajstić information content (AvgIpc) is 3.35. The third kappa shape index (κ3) is 4.34. The second-order valence-corrected chi connectivity index (χ2v) is 10.4. The lowest BCUT2D eigenvalue weighted by molar-refractivity contribution is 0.0401. The molecule has 1 aliphatic heterocycles. The van der Waals surface area contributed by atoms with Crippen LogP contribution in [0.25, 0.3) is 5.82 Å². The van der Waals surface area contributed by atoms with E-state index in [1.54, 1.807) is 23.9 Å². The number of hydrogen-bond acceptors (Lipinski definition) is 8. The quantitative estimate of drug-likeness (QED) is 0.557. The first-order chi connectivity index (χ1) is 17.0. The number of ether oxygens (including phenoxy) is 1. The van der Waals surface area contributed by atoms with Crippen molar-refractivity contribution in [2.24, 2.45) is 10.9 Å². The zero-order valence-corrected chi connectivity index (χ0v) is 19.9. The van der Waals surface area contributed by atoms with Crippen LogP contribution in [0.15, 0.2) is 48.2 Å². The monoisotopic (exact) mass is 493 g/mol. The highest BCUT2D eigenvalue weighted by molar-refractivity contribution is 8.13. The van der Waals surface area contributed by atoms with E-state index < -0.39 is 11.4 Å². The second-order valence-electron chi connectivity index (χ2n) is 9.21. The molecule has 1 amide bonds. The molecule has 3 heterocycles. The van der Waals surface area contributed by atoms with E-state index in [0.717, 1.165) is 30.1 Å². The zero-order chi connectivity index (χ0) is 24.0. The summed E-state index contributed by atoms with van der Waals surface area (Å²) >= 11 is 1.72. The third-order valence-electron chi connectivity index (χ3n) is 6.74. The number of aliphatic imine (C=N–C) groups is 1. The van der Waals surface area contributed by atoms with Crippen LogP contribution in [-0.4, -0.2) is 53.6 Å². The first-order valence-corrected chi connectivity index (χ1v) is 12.6. The molecule has 1 N–H and O–H groups in total. The van der Waals surface area contributed by atoms with Gasteiger partial charge in [-0.15, -0.1) is 11.8 Å². The minimum atomic E-state index is -0.682. The summed E-state index contributed by atoms with van der Waals surface area (Å²) in [7, 11) is 0. The van der Waals surface area contributed by atoms with Crippen molar-refractivity contribution in [2.75, 3.05) is 11.1 Å². The lowest BCUT2D eigenvalue weighted by Gasteiger charge is -2.36. The van der Waals surface area contributed by atoms with E-state index in [2.05, 4.69) is 25.4 Å². The van der Waals surface area contributed by atoms with Crippen molar-refractivity contribution in [1.29, 1.82) is 0 Å². The predicted molar refractivity (Wildman–Crippen MR) is 129 cm³/mol. The molecule has 2 aliphatic carbocycles. The highest BCUT2D eigenvalue weighted by Gasteiger charge is 2.52. The maximum atomic E-state index is 15.3. The molecular formula is C24H24FN7O2S. The summed E-state index contributed by atoms with van der Waals surface area (Å²) in [5.74, 6) is 0.746. The number of nitrogens with zero attached hydrogens (tertiary/aromatic N) is 6.